The zero-order chi connectivity index (χ0) is 29.7. The molecular weight excluding hydrogens is 533 g/mol. The number of aryl methyl sites for hydroxylation is 2. The molecule has 1 saturated heterocycles. The Hall–Kier alpha value is -2.85. The van der Waals surface area contributed by atoms with Gasteiger partial charge in [-0.3, -0.25) is 14.6 Å². The second-order valence-electron chi connectivity index (χ2n) is 11.6. The number of methoxy groups -OCH3 is 1. The smallest absolute Gasteiger partial charge is 0.325 e. The van der Waals surface area contributed by atoms with Crippen LogP contribution in [0.3, 0.4) is 0 Å². The van der Waals surface area contributed by atoms with E-state index in [-0.39, 0.29) is 23.3 Å². The minimum absolute atomic E-state index is 0.00689. The lowest BCUT2D eigenvalue weighted by atomic mass is 9.95. The Morgan fingerprint density at radius 2 is 2.05 bits per heavy atom. The van der Waals surface area contributed by atoms with Crippen molar-refractivity contribution in [1.29, 1.82) is 0 Å². The number of carbonyl (C=O) groups is 1. The number of nitrogens with one attached hydrogen (secondary N) is 1. The number of likely N-dealkylation sites (tertiary alicyclic amines) is 1. The van der Waals surface area contributed by atoms with Gasteiger partial charge in [0, 0.05) is 36.9 Å². The number of anilines is 1. The molecular formula is C31H43F3N4O3. The molecule has 1 aromatic carbocycles. The standard InChI is InChI=1S/C31H43F3N4O3/c1-19(2)21-16-24(28(41-4)25(32)17-21)27(31(39)40)38-15-13-23(18-38)37(3)26(29(33)34)10-6-5-9-22-12-11-20-8-7-14-35-30(20)36-22/h11-12,16-17,19,23,26-27,29H,5-10,13-15,18H2,1-4H3,(H,35,36)(H,39,40)/t23-,26-,27?/m1/s1. The fraction of sp³-hybridized carbons (Fsp3) is 0.613. The van der Waals surface area contributed by atoms with Gasteiger partial charge in [0.25, 0.3) is 6.43 Å². The van der Waals surface area contributed by atoms with Crippen molar-refractivity contribution >= 4 is 11.8 Å². The maximum atomic E-state index is 14.9. The van der Waals surface area contributed by atoms with E-state index in [1.807, 2.05) is 19.9 Å². The van der Waals surface area contributed by atoms with Crippen LogP contribution in [0.2, 0.25) is 0 Å². The second kappa shape index (κ2) is 13.9. The molecule has 0 amide bonds. The number of pyridine rings is 1. The van der Waals surface area contributed by atoms with Crippen LogP contribution in [0.4, 0.5) is 19.0 Å². The highest BCUT2D eigenvalue weighted by molar-refractivity contribution is 5.77. The molecule has 2 N–H and O–H groups in total. The average molecular weight is 577 g/mol. The van der Waals surface area contributed by atoms with Gasteiger partial charge in [-0.1, -0.05) is 26.3 Å². The molecule has 3 heterocycles. The van der Waals surface area contributed by atoms with Crippen molar-refractivity contribution in [2.24, 2.45) is 0 Å². The number of aliphatic carboxylic acids is 1. The largest absolute Gasteiger partial charge is 0.493 e. The highest BCUT2D eigenvalue weighted by Crippen LogP contribution is 2.37. The van der Waals surface area contributed by atoms with E-state index in [2.05, 4.69) is 11.4 Å². The summed E-state index contributed by atoms with van der Waals surface area (Å²) < 4.78 is 48.6. The molecule has 2 aliphatic heterocycles. The van der Waals surface area contributed by atoms with Gasteiger partial charge in [-0.05, 0) is 80.8 Å². The minimum atomic E-state index is -2.52. The normalized spacial score (nSPS) is 18.9. The number of likely N-dealkylation sites (N-methyl/N-ethyl adjacent to an activating group) is 1. The van der Waals surface area contributed by atoms with Crippen molar-refractivity contribution in [3.8, 4) is 5.75 Å². The molecule has 226 valence electrons. The van der Waals surface area contributed by atoms with Crippen LogP contribution < -0.4 is 10.1 Å². The van der Waals surface area contributed by atoms with Crippen LogP contribution in [0, 0.1) is 5.82 Å². The van der Waals surface area contributed by atoms with E-state index in [0.717, 1.165) is 43.7 Å². The van der Waals surface area contributed by atoms with Gasteiger partial charge < -0.3 is 15.2 Å². The topological polar surface area (TPSA) is 77.9 Å². The summed E-state index contributed by atoms with van der Waals surface area (Å²) in [4.78, 5) is 20.6. The first-order valence-electron chi connectivity index (χ1n) is 14.7. The number of hydrogen-bond donors (Lipinski definition) is 2. The van der Waals surface area contributed by atoms with Crippen molar-refractivity contribution in [1.82, 2.24) is 14.8 Å². The monoisotopic (exact) mass is 576 g/mol. The second-order valence-corrected chi connectivity index (χ2v) is 11.6. The van der Waals surface area contributed by atoms with Crippen LogP contribution in [-0.2, 0) is 17.6 Å². The number of rotatable bonds is 13. The number of nitrogens with zero attached hydrogens (tertiary/aromatic N) is 3. The molecule has 2 aliphatic rings. The number of hydrogen-bond acceptors (Lipinski definition) is 6. The molecule has 0 spiro atoms. The van der Waals surface area contributed by atoms with E-state index in [1.165, 1.54) is 18.7 Å². The van der Waals surface area contributed by atoms with E-state index in [0.29, 0.717) is 37.9 Å². The van der Waals surface area contributed by atoms with Gasteiger partial charge in [0.2, 0.25) is 0 Å². The molecule has 4 rings (SSSR count). The summed E-state index contributed by atoms with van der Waals surface area (Å²) in [6.07, 6.45) is 2.63. The number of benzene rings is 1. The SMILES string of the molecule is COc1c(F)cc(C(C)C)cc1C(C(=O)O)N1CC[C@@H](N(C)[C@H](CCCCc2ccc3c(n2)NCCC3)C(F)F)C1. The van der Waals surface area contributed by atoms with Crippen LogP contribution in [0.1, 0.15) is 80.3 Å². The summed E-state index contributed by atoms with van der Waals surface area (Å²) in [5.74, 6) is -0.878. The highest BCUT2D eigenvalue weighted by atomic mass is 19.3. The summed E-state index contributed by atoms with van der Waals surface area (Å²) in [5, 5.41) is 13.5. The molecule has 0 radical (unpaired) electrons. The van der Waals surface area contributed by atoms with Gasteiger partial charge in [0.15, 0.2) is 11.6 Å². The summed E-state index contributed by atoms with van der Waals surface area (Å²) in [6, 6.07) is 4.90. The Kier molecular flexibility index (Phi) is 10.5. The first-order valence-corrected chi connectivity index (χ1v) is 14.7. The van der Waals surface area contributed by atoms with Crippen molar-refractivity contribution in [3.05, 3.63) is 52.5 Å². The highest BCUT2D eigenvalue weighted by Gasteiger charge is 2.40. The number of aromatic nitrogens is 1. The third-order valence-corrected chi connectivity index (χ3v) is 8.58. The summed E-state index contributed by atoms with van der Waals surface area (Å²) in [6.45, 7) is 5.43. The number of carboxylic acids is 1. The zero-order valence-corrected chi connectivity index (χ0v) is 24.5. The number of unbranched alkanes of at least 4 members (excludes halogenated alkanes) is 1. The molecule has 3 atom stereocenters. The number of alkyl halides is 2. The number of halogens is 3. The third-order valence-electron chi connectivity index (χ3n) is 8.58. The fourth-order valence-electron chi connectivity index (χ4n) is 6.16. The molecule has 0 aliphatic carbocycles. The number of fused-ring (bicyclic) bond motifs is 1. The first kappa shape index (κ1) is 31.1. The van der Waals surface area contributed by atoms with Crippen LogP contribution in [0.25, 0.3) is 0 Å². The summed E-state index contributed by atoms with van der Waals surface area (Å²) >= 11 is 0. The fourth-order valence-corrected chi connectivity index (χ4v) is 6.16. The van der Waals surface area contributed by atoms with Gasteiger partial charge in [0.1, 0.15) is 11.9 Å². The Morgan fingerprint density at radius 1 is 1.27 bits per heavy atom. The van der Waals surface area contributed by atoms with E-state index in [1.54, 1.807) is 22.9 Å². The third kappa shape index (κ3) is 7.33. The van der Waals surface area contributed by atoms with Crippen LogP contribution in [-0.4, -0.2) is 78.2 Å². The molecule has 1 fully saturated rings. The van der Waals surface area contributed by atoms with E-state index in [9.17, 15) is 23.1 Å². The van der Waals surface area contributed by atoms with E-state index >= 15 is 0 Å². The number of carboxylic acid groups (broad SMARTS) is 1. The summed E-state index contributed by atoms with van der Waals surface area (Å²) in [7, 11) is 3.03. The predicted octanol–water partition coefficient (Wildman–Crippen LogP) is 5.89. The Morgan fingerprint density at radius 3 is 2.73 bits per heavy atom. The number of ether oxygens (including phenoxy) is 1. The van der Waals surface area contributed by atoms with Gasteiger partial charge in [-0.25, -0.2) is 18.2 Å². The molecule has 1 unspecified atom stereocenters. The Bertz CT molecular complexity index is 1200. The van der Waals surface area contributed by atoms with Gasteiger partial charge in [0.05, 0.1) is 13.2 Å². The van der Waals surface area contributed by atoms with Crippen molar-refractivity contribution in [2.45, 2.75) is 89.3 Å². The molecule has 7 nitrogen and oxygen atoms in total. The maximum Gasteiger partial charge on any atom is 0.325 e. The maximum absolute atomic E-state index is 14.9. The molecule has 41 heavy (non-hydrogen) atoms. The van der Waals surface area contributed by atoms with Crippen molar-refractivity contribution in [3.63, 3.8) is 0 Å². The quantitative estimate of drug-likeness (QED) is 0.288. The summed E-state index contributed by atoms with van der Waals surface area (Å²) in [5.41, 5.74) is 3.13. The zero-order valence-electron chi connectivity index (χ0n) is 24.5. The lowest BCUT2D eigenvalue weighted by Gasteiger charge is -2.33. The molecule has 0 saturated carbocycles. The minimum Gasteiger partial charge on any atom is -0.493 e. The lowest BCUT2D eigenvalue weighted by molar-refractivity contribution is -0.143. The predicted molar refractivity (Wildman–Crippen MR) is 154 cm³/mol. The Labute approximate surface area is 241 Å². The van der Waals surface area contributed by atoms with Gasteiger partial charge in [-0.15, -0.1) is 0 Å². The molecule has 1 aromatic heterocycles. The Balaban J connectivity index is 1.39. The van der Waals surface area contributed by atoms with Crippen LogP contribution >= 0.6 is 0 Å². The van der Waals surface area contributed by atoms with Crippen LogP contribution in [0.5, 0.6) is 5.75 Å². The van der Waals surface area contributed by atoms with Crippen molar-refractivity contribution < 1.29 is 27.8 Å². The first-order chi connectivity index (χ1) is 19.6. The molecule has 0 bridgehead atoms. The van der Waals surface area contributed by atoms with Gasteiger partial charge >= 0.3 is 5.97 Å². The van der Waals surface area contributed by atoms with Crippen molar-refractivity contribution in [2.75, 3.05) is 39.1 Å². The van der Waals surface area contributed by atoms with E-state index < -0.39 is 30.3 Å². The molecule has 2 aromatic rings. The average Bonchev–Trinajstić information content (AvgIpc) is 3.41. The lowest BCUT2D eigenvalue weighted by Crippen LogP contribution is -2.46. The van der Waals surface area contributed by atoms with E-state index in [4.69, 9.17) is 9.72 Å². The van der Waals surface area contributed by atoms with Crippen LogP contribution in [0.15, 0.2) is 24.3 Å². The molecule has 10 heteroatoms. The van der Waals surface area contributed by atoms with Gasteiger partial charge in [-0.2, -0.15) is 0 Å².